The van der Waals surface area contributed by atoms with Crippen LogP contribution in [-0.4, -0.2) is 51.5 Å². The maximum absolute atomic E-state index is 12.4. The lowest BCUT2D eigenvalue weighted by Gasteiger charge is -2.27. The molecule has 1 fully saturated rings. The molecule has 1 atom stereocenters. The Hall–Kier alpha value is -1.66. The van der Waals surface area contributed by atoms with Gasteiger partial charge in [0.15, 0.2) is 0 Å². The van der Waals surface area contributed by atoms with Gasteiger partial charge in [-0.2, -0.15) is 0 Å². The SMILES string of the molecule is COc1cc(NC(=O)N(C)C[C@@H]2CCCCO2)c(OC)cc1Cl. The third kappa shape index (κ3) is 4.65. The Morgan fingerprint density at radius 2 is 2.09 bits per heavy atom. The van der Waals surface area contributed by atoms with Crippen molar-refractivity contribution >= 4 is 23.3 Å². The minimum Gasteiger partial charge on any atom is -0.495 e. The minimum absolute atomic E-state index is 0.0983. The summed E-state index contributed by atoms with van der Waals surface area (Å²) in [6.45, 7) is 1.32. The quantitative estimate of drug-likeness (QED) is 0.891. The van der Waals surface area contributed by atoms with Gasteiger partial charge in [-0.1, -0.05) is 11.6 Å². The van der Waals surface area contributed by atoms with E-state index in [4.69, 9.17) is 25.8 Å². The highest BCUT2D eigenvalue weighted by atomic mass is 35.5. The Kier molecular flexibility index (Phi) is 6.36. The van der Waals surface area contributed by atoms with E-state index >= 15 is 0 Å². The first-order valence-electron chi connectivity index (χ1n) is 7.60. The van der Waals surface area contributed by atoms with Crippen LogP contribution in [0.25, 0.3) is 0 Å². The van der Waals surface area contributed by atoms with Gasteiger partial charge in [0.05, 0.1) is 31.0 Å². The highest BCUT2D eigenvalue weighted by Crippen LogP contribution is 2.35. The first kappa shape index (κ1) is 17.7. The molecule has 1 aromatic carbocycles. The number of carbonyl (C=O) groups excluding carboxylic acids is 1. The monoisotopic (exact) mass is 342 g/mol. The van der Waals surface area contributed by atoms with Gasteiger partial charge in [-0.05, 0) is 19.3 Å². The lowest BCUT2D eigenvalue weighted by atomic mass is 10.1. The van der Waals surface area contributed by atoms with Gasteiger partial charge in [0.25, 0.3) is 0 Å². The number of urea groups is 1. The molecule has 0 unspecified atom stereocenters. The largest absolute Gasteiger partial charge is 0.495 e. The summed E-state index contributed by atoms with van der Waals surface area (Å²) in [5.74, 6) is 0.951. The number of anilines is 1. The van der Waals surface area contributed by atoms with Crippen LogP contribution in [0.4, 0.5) is 10.5 Å². The van der Waals surface area contributed by atoms with E-state index in [0.29, 0.717) is 28.8 Å². The molecule has 0 saturated carbocycles. The fourth-order valence-corrected chi connectivity index (χ4v) is 2.74. The van der Waals surface area contributed by atoms with E-state index in [-0.39, 0.29) is 12.1 Å². The normalized spacial score (nSPS) is 17.5. The molecule has 6 nitrogen and oxygen atoms in total. The van der Waals surface area contributed by atoms with Gasteiger partial charge in [-0.25, -0.2) is 4.79 Å². The standard InChI is InChI=1S/C16H23ClN2O4/c1-19(10-11-6-4-5-7-23-11)16(20)18-13-9-14(21-2)12(17)8-15(13)22-3/h8-9,11H,4-7,10H2,1-3H3,(H,18,20)/t11-/m0/s1. The molecule has 1 saturated heterocycles. The molecule has 7 heteroatoms. The lowest BCUT2D eigenvalue weighted by Crippen LogP contribution is -2.39. The van der Waals surface area contributed by atoms with Crippen LogP contribution in [-0.2, 0) is 4.74 Å². The number of hydrogen-bond donors (Lipinski definition) is 1. The molecule has 1 aliphatic heterocycles. The molecule has 0 bridgehead atoms. The first-order valence-corrected chi connectivity index (χ1v) is 7.98. The summed E-state index contributed by atoms with van der Waals surface area (Å²) in [6, 6.07) is 3.02. The summed E-state index contributed by atoms with van der Waals surface area (Å²) < 4.78 is 16.1. The second kappa shape index (κ2) is 8.26. The molecule has 2 amide bonds. The third-order valence-corrected chi connectivity index (χ3v) is 4.11. The summed E-state index contributed by atoms with van der Waals surface area (Å²) in [5, 5.41) is 3.24. The highest BCUT2D eigenvalue weighted by molar-refractivity contribution is 6.32. The number of halogens is 1. The summed E-state index contributed by atoms with van der Waals surface area (Å²) in [6.07, 6.45) is 3.31. The summed E-state index contributed by atoms with van der Waals surface area (Å²) in [4.78, 5) is 14.0. The second-order valence-electron chi connectivity index (χ2n) is 5.49. The zero-order valence-corrected chi connectivity index (χ0v) is 14.5. The summed E-state index contributed by atoms with van der Waals surface area (Å²) in [7, 11) is 4.78. The molecule has 128 valence electrons. The lowest BCUT2D eigenvalue weighted by molar-refractivity contribution is 0.00463. The zero-order chi connectivity index (χ0) is 16.8. The average molecular weight is 343 g/mol. The molecule has 23 heavy (non-hydrogen) atoms. The van der Waals surface area contributed by atoms with Gasteiger partial charge in [-0.15, -0.1) is 0 Å². The van der Waals surface area contributed by atoms with Gasteiger partial charge in [0, 0.05) is 32.3 Å². The van der Waals surface area contributed by atoms with Crippen LogP contribution in [0, 0.1) is 0 Å². The van der Waals surface area contributed by atoms with E-state index in [2.05, 4.69) is 5.32 Å². The Morgan fingerprint density at radius 1 is 1.35 bits per heavy atom. The maximum Gasteiger partial charge on any atom is 0.321 e. The molecule has 0 aromatic heterocycles. The predicted molar refractivity (Wildman–Crippen MR) is 89.8 cm³/mol. The number of hydrogen-bond acceptors (Lipinski definition) is 4. The van der Waals surface area contributed by atoms with Gasteiger partial charge in [-0.3, -0.25) is 0 Å². The Morgan fingerprint density at radius 3 is 2.70 bits per heavy atom. The molecule has 0 spiro atoms. The molecule has 0 aliphatic carbocycles. The number of amides is 2. The van der Waals surface area contributed by atoms with Crippen LogP contribution >= 0.6 is 11.6 Å². The van der Waals surface area contributed by atoms with Gasteiger partial charge >= 0.3 is 6.03 Å². The number of rotatable bonds is 5. The van der Waals surface area contributed by atoms with Gasteiger partial charge < -0.3 is 24.4 Å². The molecule has 1 aromatic rings. The second-order valence-corrected chi connectivity index (χ2v) is 5.89. The molecule has 0 radical (unpaired) electrons. The van der Waals surface area contributed by atoms with Crippen molar-refractivity contribution in [3.8, 4) is 11.5 Å². The van der Waals surface area contributed by atoms with Crippen LogP contribution in [0.2, 0.25) is 5.02 Å². The van der Waals surface area contributed by atoms with Crippen LogP contribution in [0.15, 0.2) is 12.1 Å². The van der Waals surface area contributed by atoms with Crippen LogP contribution in [0.5, 0.6) is 11.5 Å². The van der Waals surface area contributed by atoms with Crippen molar-refractivity contribution in [3.05, 3.63) is 17.2 Å². The van der Waals surface area contributed by atoms with Crippen molar-refractivity contribution in [1.29, 1.82) is 0 Å². The van der Waals surface area contributed by atoms with E-state index in [1.807, 2.05) is 0 Å². The topological polar surface area (TPSA) is 60.0 Å². The minimum atomic E-state index is -0.234. The fourth-order valence-electron chi connectivity index (χ4n) is 2.51. The molecule has 1 aliphatic rings. The number of benzene rings is 1. The van der Waals surface area contributed by atoms with Crippen LogP contribution in [0.1, 0.15) is 19.3 Å². The Bertz CT molecular complexity index is 547. The van der Waals surface area contributed by atoms with Crippen molar-refractivity contribution in [2.24, 2.45) is 0 Å². The number of nitrogens with one attached hydrogen (secondary N) is 1. The molecule has 1 N–H and O–H groups in total. The Balaban J connectivity index is 2.03. The number of methoxy groups -OCH3 is 2. The zero-order valence-electron chi connectivity index (χ0n) is 13.7. The van der Waals surface area contributed by atoms with Crippen molar-refractivity contribution in [2.45, 2.75) is 25.4 Å². The maximum atomic E-state index is 12.4. The molecule has 1 heterocycles. The summed E-state index contributed by atoms with van der Waals surface area (Å²) in [5.41, 5.74) is 0.509. The first-order chi connectivity index (χ1) is 11.0. The van der Waals surface area contributed by atoms with Crippen molar-refractivity contribution in [3.63, 3.8) is 0 Å². The number of nitrogens with zero attached hydrogens (tertiary/aromatic N) is 1. The third-order valence-electron chi connectivity index (χ3n) is 3.81. The number of ether oxygens (including phenoxy) is 3. The molecule has 2 rings (SSSR count). The van der Waals surface area contributed by atoms with E-state index in [1.54, 1.807) is 24.1 Å². The van der Waals surface area contributed by atoms with Crippen LogP contribution < -0.4 is 14.8 Å². The summed E-state index contributed by atoms with van der Waals surface area (Å²) >= 11 is 6.06. The van der Waals surface area contributed by atoms with E-state index in [1.165, 1.54) is 14.2 Å². The number of carbonyl (C=O) groups is 1. The van der Waals surface area contributed by atoms with Crippen molar-refractivity contribution < 1.29 is 19.0 Å². The Labute approximate surface area is 141 Å². The van der Waals surface area contributed by atoms with E-state index in [9.17, 15) is 4.79 Å². The van der Waals surface area contributed by atoms with E-state index in [0.717, 1.165) is 25.9 Å². The van der Waals surface area contributed by atoms with E-state index < -0.39 is 0 Å². The van der Waals surface area contributed by atoms with Crippen LogP contribution in [0.3, 0.4) is 0 Å². The van der Waals surface area contributed by atoms with Gasteiger partial charge in [0.1, 0.15) is 11.5 Å². The smallest absolute Gasteiger partial charge is 0.321 e. The predicted octanol–water partition coefficient (Wildman–Crippen LogP) is 3.39. The van der Waals surface area contributed by atoms with Crippen molar-refractivity contribution in [1.82, 2.24) is 4.90 Å². The number of likely N-dealkylation sites (N-methyl/N-ethyl adjacent to an activating group) is 1. The average Bonchev–Trinajstić information content (AvgIpc) is 2.56. The molecular weight excluding hydrogens is 320 g/mol. The highest BCUT2D eigenvalue weighted by Gasteiger charge is 2.20. The molecular formula is C16H23ClN2O4. The van der Waals surface area contributed by atoms with Crippen molar-refractivity contribution in [2.75, 3.05) is 39.7 Å². The van der Waals surface area contributed by atoms with Gasteiger partial charge in [0.2, 0.25) is 0 Å². The fraction of sp³-hybridized carbons (Fsp3) is 0.562.